The maximum atomic E-state index is 15.0. The Balaban J connectivity index is 1.67. The first-order valence-corrected chi connectivity index (χ1v) is 9.31. The van der Waals surface area contributed by atoms with Crippen molar-refractivity contribution in [3.63, 3.8) is 0 Å². The van der Waals surface area contributed by atoms with Gasteiger partial charge in [0.1, 0.15) is 5.82 Å². The normalized spacial score (nSPS) is 19.4. The smallest absolute Gasteiger partial charge is 0.261 e. The third-order valence-corrected chi connectivity index (χ3v) is 5.45. The Labute approximate surface area is 164 Å². The molecule has 2 N–H and O–H groups in total. The second-order valence-corrected chi connectivity index (χ2v) is 7.43. The van der Waals surface area contributed by atoms with E-state index in [9.17, 15) is 18.7 Å². The summed E-state index contributed by atoms with van der Waals surface area (Å²) in [6, 6.07) is 5.42. The molecule has 0 radical (unpaired) electrons. The van der Waals surface area contributed by atoms with E-state index in [1.54, 1.807) is 42.0 Å². The van der Waals surface area contributed by atoms with E-state index in [2.05, 4.69) is 10.3 Å². The zero-order chi connectivity index (χ0) is 20.3. The molecule has 4 aromatic rings. The van der Waals surface area contributed by atoms with Gasteiger partial charge in [-0.25, -0.2) is 13.8 Å². The Kier molecular flexibility index (Phi) is 4.01. The van der Waals surface area contributed by atoms with Crippen LogP contribution in [0.25, 0.3) is 27.5 Å². The summed E-state index contributed by atoms with van der Waals surface area (Å²) >= 11 is 0. The first-order valence-electron chi connectivity index (χ1n) is 9.31. The zero-order valence-electron chi connectivity index (χ0n) is 15.6. The van der Waals surface area contributed by atoms with Crippen LogP contribution in [0.2, 0.25) is 0 Å². The van der Waals surface area contributed by atoms with Gasteiger partial charge in [0.25, 0.3) is 5.56 Å². The summed E-state index contributed by atoms with van der Waals surface area (Å²) in [4.78, 5) is 17.0. The van der Waals surface area contributed by atoms with Gasteiger partial charge in [0.15, 0.2) is 11.5 Å². The second kappa shape index (κ2) is 6.47. The van der Waals surface area contributed by atoms with Gasteiger partial charge in [-0.05, 0) is 42.1 Å². The van der Waals surface area contributed by atoms with Gasteiger partial charge in [0.05, 0.1) is 23.2 Å². The molecule has 29 heavy (non-hydrogen) atoms. The molecular weight excluding hydrogens is 378 g/mol. The van der Waals surface area contributed by atoms with E-state index in [1.165, 1.54) is 16.7 Å². The van der Waals surface area contributed by atoms with Gasteiger partial charge in [-0.15, -0.1) is 0 Å². The van der Waals surface area contributed by atoms with Gasteiger partial charge in [0, 0.05) is 37.2 Å². The Morgan fingerprint density at radius 1 is 1.14 bits per heavy atom. The van der Waals surface area contributed by atoms with E-state index < -0.39 is 29.3 Å². The van der Waals surface area contributed by atoms with E-state index in [4.69, 9.17) is 0 Å². The Morgan fingerprint density at radius 3 is 2.69 bits per heavy atom. The molecule has 1 aliphatic rings. The number of fused-ring (bicyclic) bond motifs is 2. The molecule has 2 atom stereocenters. The third kappa shape index (κ3) is 2.83. The highest BCUT2D eigenvalue weighted by molar-refractivity contribution is 5.87. The molecule has 0 spiro atoms. The fraction of sp³-hybridized carbons (Fsp3) is 0.238. The summed E-state index contributed by atoms with van der Waals surface area (Å²) in [5.41, 5.74) is 1.33. The quantitative estimate of drug-likeness (QED) is 0.546. The fourth-order valence-corrected chi connectivity index (χ4v) is 4.04. The second-order valence-electron chi connectivity index (χ2n) is 7.43. The van der Waals surface area contributed by atoms with Crippen molar-refractivity contribution < 1.29 is 13.9 Å². The van der Waals surface area contributed by atoms with Crippen LogP contribution in [0.4, 0.5) is 8.78 Å². The van der Waals surface area contributed by atoms with E-state index in [0.717, 1.165) is 0 Å². The number of aromatic nitrogens is 3. The average molecular weight is 396 g/mol. The van der Waals surface area contributed by atoms with Gasteiger partial charge in [-0.1, -0.05) is 0 Å². The lowest BCUT2D eigenvalue weighted by molar-refractivity contribution is 0.149. The molecule has 0 unspecified atom stereocenters. The molecule has 0 bridgehead atoms. The van der Waals surface area contributed by atoms with Crippen molar-refractivity contribution in [2.45, 2.75) is 19.1 Å². The van der Waals surface area contributed by atoms with Crippen LogP contribution in [0.3, 0.4) is 0 Å². The standard InChI is InChI=1S/C21H18F2N4O2/c1-11-9-26-10-14(6-16(23)20(26)25-11)13-4-12-2-3-27(17-7-24-8-18(17)28)21(29)19(12)15(22)5-13/h2-6,9-10,17-18,24,28H,7-8H2,1H3/t17-,18+/m1/s1. The molecule has 3 aromatic heterocycles. The topological polar surface area (TPSA) is 71.6 Å². The number of nitrogens with one attached hydrogen (secondary N) is 1. The summed E-state index contributed by atoms with van der Waals surface area (Å²) in [6.07, 6.45) is 4.23. The summed E-state index contributed by atoms with van der Waals surface area (Å²) in [5, 5.41) is 13.4. The largest absolute Gasteiger partial charge is 0.390 e. The molecule has 0 aliphatic carbocycles. The number of pyridine rings is 2. The van der Waals surface area contributed by atoms with E-state index in [-0.39, 0.29) is 11.0 Å². The maximum absolute atomic E-state index is 15.0. The molecule has 0 saturated carbocycles. The lowest BCUT2D eigenvalue weighted by Crippen LogP contribution is -2.31. The number of aliphatic hydroxyl groups excluding tert-OH is 1. The number of hydrogen-bond donors (Lipinski definition) is 2. The lowest BCUT2D eigenvalue weighted by atomic mass is 10.0. The van der Waals surface area contributed by atoms with Crippen molar-refractivity contribution in [1.29, 1.82) is 0 Å². The summed E-state index contributed by atoms with van der Waals surface area (Å²) < 4.78 is 32.3. The average Bonchev–Trinajstić information content (AvgIpc) is 3.26. The summed E-state index contributed by atoms with van der Waals surface area (Å²) in [7, 11) is 0. The van der Waals surface area contributed by atoms with Crippen LogP contribution in [0, 0.1) is 18.6 Å². The Bertz CT molecular complexity index is 1330. The van der Waals surface area contributed by atoms with Gasteiger partial charge in [0.2, 0.25) is 0 Å². The van der Waals surface area contributed by atoms with Crippen molar-refractivity contribution >= 4 is 16.4 Å². The molecule has 1 aliphatic heterocycles. The van der Waals surface area contributed by atoms with E-state index in [0.29, 0.717) is 35.3 Å². The Hall–Kier alpha value is -3.10. The van der Waals surface area contributed by atoms with Crippen molar-refractivity contribution in [3.8, 4) is 11.1 Å². The molecular formula is C21H18F2N4O2. The highest BCUT2D eigenvalue weighted by Crippen LogP contribution is 2.28. The van der Waals surface area contributed by atoms with Crippen molar-refractivity contribution in [2.24, 2.45) is 0 Å². The fourth-order valence-electron chi connectivity index (χ4n) is 4.04. The van der Waals surface area contributed by atoms with Crippen molar-refractivity contribution in [1.82, 2.24) is 19.3 Å². The summed E-state index contributed by atoms with van der Waals surface area (Å²) in [5.74, 6) is -1.19. The highest BCUT2D eigenvalue weighted by atomic mass is 19.1. The van der Waals surface area contributed by atoms with Crippen LogP contribution < -0.4 is 10.9 Å². The number of aryl methyl sites for hydroxylation is 1. The molecule has 1 saturated heterocycles. The van der Waals surface area contributed by atoms with Gasteiger partial charge in [-0.2, -0.15) is 0 Å². The number of hydrogen-bond acceptors (Lipinski definition) is 4. The van der Waals surface area contributed by atoms with Crippen LogP contribution in [0.5, 0.6) is 0 Å². The Morgan fingerprint density at radius 2 is 1.93 bits per heavy atom. The first kappa shape index (κ1) is 18.0. The molecule has 8 heteroatoms. The number of β-amino-alcohol motifs (C(OH)–C–C–N with tert-alkyl or cyclic N) is 1. The predicted octanol–water partition coefficient (Wildman–Crippen LogP) is 2.41. The van der Waals surface area contributed by atoms with Gasteiger partial charge >= 0.3 is 0 Å². The molecule has 1 fully saturated rings. The number of nitrogens with zero attached hydrogens (tertiary/aromatic N) is 3. The molecule has 4 heterocycles. The minimum absolute atomic E-state index is 0.0459. The van der Waals surface area contributed by atoms with E-state index in [1.807, 2.05) is 0 Å². The third-order valence-electron chi connectivity index (χ3n) is 5.45. The molecule has 6 nitrogen and oxygen atoms in total. The van der Waals surface area contributed by atoms with Crippen LogP contribution in [0.1, 0.15) is 11.7 Å². The number of benzene rings is 1. The van der Waals surface area contributed by atoms with E-state index >= 15 is 0 Å². The van der Waals surface area contributed by atoms with Gasteiger partial charge < -0.3 is 19.4 Å². The highest BCUT2D eigenvalue weighted by Gasteiger charge is 2.28. The first-order chi connectivity index (χ1) is 13.9. The van der Waals surface area contributed by atoms with Crippen LogP contribution in [-0.2, 0) is 0 Å². The monoisotopic (exact) mass is 396 g/mol. The van der Waals surface area contributed by atoms with Crippen molar-refractivity contribution in [2.75, 3.05) is 13.1 Å². The molecule has 148 valence electrons. The zero-order valence-corrected chi connectivity index (χ0v) is 15.6. The number of imidazole rings is 1. The number of rotatable bonds is 2. The minimum atomic E-state index is -0.708. The number of halogens is 2. The molecule has 0 amide bonds. The summed E-state index contributed by atoms with van der Waals surface area (Å²) in [6.45, 7) is 2.60. The van der Waals surface area contributed by atoms with Crippen LogP contribution >= 0.6 is 0 Å². The molecule has 5 rings (SSSR count). The molecule has 1 aromatic carbocycles. The predicted molar refractivity (Wildman–Crippen MR) is 105 cm³/mol. The lowest BCUT2D eigenvalue weighted by Gasteiger charge is -2.17. The van der Waals surface area contributed by atoms with Gasteiger partial charge in [-0.3, -0.25) is 4.79 Å². The maximum Gasteiger partial charge on any atom is 0.261 e. The SMILES string of the molecule is Cc1cn2cc(-c3cc(F)c4c(=O)n([C@@H]5CNC[C@@H]5O)ccc4c3)cc(F)c2n1. The minimum Gasteiger partial charge on any atom is -0.390 e. The van der Waals surface area contributed by atoms with Crippen molar-refractivity contribution in [3.05, 3.63) is 70.5 Å². The van der Waals surface area contributed by atoms with Crippen LogP contribution in [-0.4, -0.2) is 38.3 Å². The number of aliphatic hydroxyl groups is 1. The van der Waals surface area contributed by atoms with Crippen LogP contribution in [0.15, 0.2) is 47.7 Å².